The van der Waals surface area contributed by atoms with Crippen LogP contribution in [0.5, 0.6) is 46.0 Å². The second kappa shape index (κ2) is 9.98. The summed E-state index contributed by atoms with van der Waals surface area (Å²) in [5.74, 6) is 1.11. The molecular weight excluding hydrogens is 550 g/mol. The van der Waals surface area contributed by atoms with Gasteiger partial charge in [0.05, 0.1) is 25.8 Å². The maximum atomic E-state index is 13.7. The summed E-state index contributed by atoms with van der Waals surface area (Å²) in [5, 5.41) is 11.7. The molecule has 42 heavy (non-hydrogen) atoms. The van der Waals surface area contributed by atoms with Crippen LogP contribution in [0.1, 0.15) is 22.7 Å². The average molecular weight is 576 g/mol. The minimum absolute atomic E-state index is 0.00368. The number of carbonyl (C=O) groups excluding carboxylic acids is 2. The van der Waals surface area contributed by atoms with Crippen LogP contribution in [0.25, 0.3) is 5.76 Å². The second-order valence-electron chi connectivity index (χ2n) is 9.74. The predicted molar refractivity (Wildman–Crippen MR) is 144 cm³/mol. The fourth-order valence-electron chi connectivity index (χ4n) is 5.55. The van der Waals surface area contributed by atoms with E-state index >= 15 is 0 Å². The van der Waals surface area contributed by atoms with Crippen LogP contribution in [-0.2, 0) is 16.1 Å². The van der Waals surface area contributed by atoms with Crippen LogP contribution < -0.4 is 37.9 Å². The molecule has 4 heterocycles. The molecule has 0 radical (unpaired) electrons. The number of fused-ring (bicyclic) bond motifs is 3. The molecule has 12 nitrogen and oxygen atoms in total. The Bertz CT molecular complexity index is 1660. The Kier molecular flexibility index (Phi) is 6.10. The molecule has 1 N–H and O–H groups in total. The average Bonchev–Trinajstić information content (AvgIpc) is 3.75. The number of aliphatic hydroxyl groups is 1. The highest BCUT2D eigenvalue weighted by molar-refractivity contribution is 6.46. The van der Waals surface area contributed by atoms with E-state index in [9.17, 15) is 14.7 Å². The minimum Gasteiger partial charge on any atom is -0.507 e. The lowest BCUT2D eigenvalue weighted by Gasteiger charge is -2.27. The number of hydrogen-bond acceptors (Lipinski definition) is 11. The number of hydrogen-bond donors (Lipinski definition) is 1. The quantitative estimate of drug-likeness (QED) is 0.263. The normalized spacial score (nSPS) is 19.3. The van der Waals surface area contributed by atoms with Crippen molar-refractivity contribution in [2.24, 2.45) is 0 Å². The Morgan fingerprint density at radius 2 is 1.52 bits per heavy atom. The van der Waals surface area contributed by atoms with Gasteiger partial charge in [-0.15, -0.1) is 0 Å². The van der Waals surface area contributed by atoms with E-state index in [2.05, 4.69) is 0 Å². The third-order valence-electron chi connectivity index (χ3n) is 7.46. The second-order valence-corrected chi connectivity index (χ2v) is 9.74. The third-order valence-corrected chi connectivity index (χ3v) is 7.46. The molecule has 7 rings (SSSR count). The lowest BCUT2D eigenvalue weighted by atomic mass is 9.93. The number of nitrogens with zero attached hydrogens (tertiary/aromatic N) is 1. The maximum absolute atomic E-state index is 13.7. The highest BCUT2D eigenvalue weighted by Gasteiger charge is 2.48. The topological polar surface area (TPSA) is 131 Å². The van der Waals surface area contributed by atoms with Crippen LogP contribution in [0, 0.1) is 0 Å². The smallest absolute Gasteiger partial charge is 0.295 e. The van der Waals surface area contributed by atoms with Gasteiger partial charge < -0.3 is 47.9 Å². The molecule has 4 aliphatic heterocycles. The zero-order valence-electron chi connectivity index (χ0n) is 22.6. The van der Waals surface area contributed by atoms with Crippen molar-refractivity contribution in [1.29, 1.82) is 0 Å². The first-order valence-electron chi connectivity index (χ1n) is 13.1. The molecule has 1 fully saturated rings. The molecule has 3 aromatic rings. The molecule has 0 aromatic heterocycles. The fourth-order valence-corrected chi connectivity index (χ4v) is 5.55. The maximum Gasteiger partial charge on any atom is 0.295 e. The molecule has 12 heteroatoms. The number of ether oxygens (including phenoxy) is 8. The van der Waals surface area contributed by atoms with Crippen molar-refractivity contribution in [3.8, 4) is 46.0 Å². The molecule has 0 spiro atoms. The Labute approximate surface area is 239 Å². The standard InChI is InChI=1S/C30H25NO11/c1-35-22-11-17(27(36-2)29-28(22)41-14-42-29)24-23(25(32)16-4-6-18-21(10-16)38-8-7-37-18)26(33)30(34)31(24)12-15-3-5-19-20(9-15)40-13-39-19/h3-6,9-11,24,32H,7-8,12-14H2,1-2H3/t24-/m1/s1. The molecule has 0 bridgehead atoms. The summed E-state index contributed by atoms with van der Waals surface area (Å²) in [6.45, 7) is 0.761. The van der Waals surface area contributed by atoms with Crippen molar-refractivity contribution in [2.45, 2.75) is 12.6 Å². The van der Waals surface area contributed by atoms with Crippen LogP contribution in [0.15, 0.2) is 48.0 Å². The lowest BCUT2D eigenvalue weighted by Crippen LogP contribution is -2.29. The molecule has 0 unspecified atom stereocenters. The van der Waals surface area contributed by atoms with Gasteiger partial charge in [0.15, 0.2) is 34.5 Å². The van der Waals surface area contributed by atoms with Gasteiger partial charge in [-0.1, -0.05) is 6.07 Å². The third kappa shape index (κ3) is 3.98. The highest BCUT2D eigenvalue weighted by Crippen LogP contribution is 2.54. The monoisotopic (exact) mass is 575 g/mol. The van der Waals surface area contributed by atoms with Gasteiger partial charge in [0.2, 0.25) is 25.1 Å². The number of amides is 1. The number of rotatable bonds is 6. The van der Waals surface area contributed by atoms with Gasteiger partial charge in [0.25, 0.3) is 11.7 Å². The fraction of sp³-hybridized carbons (Fsp3) is 0.267. The predicted octanol–water partition coefficient (Wildman–Crippen LogP) is 3.55. The molecule has 216 valence electrons. The van der Waals surface area contributed by atoms with Crippen molar-refractivity contribution >= 4 is 17.4 Å². The summed E-state index contributed by atoms with van der Waals surface area (Å²) in [6.07, 6.45) is 0. The number of Topliss-reactive ketones (excluding diaryl/α,β-unsaturated/α-hetero) is 1. The van der Waals surface area contributed by atoms with Crippen molar-refractivity contribution in [3.63, 3.8) is 0 Å². The summed E-state index contributed by atoms with van der Waals surface area (Å²) < 4.78 is 44.8. The first-order chi connectivity index (χ1) is 20.5. The zero-order chi connectivity index (χ0) is 29.0. The molecule has 4 aliphatic rings. The van der Waals surface area contributed by atoms with Crippen LogP contribution in [-0.4, -0.2) is 62.7 Å². The molecule has 0 aliphatic carbocycles. The highest BCUT2D eigenvalue weighted by atomic mass is 16.7. The first kappa shape index (κ1) is 25.7. The van der Waals surface area contributed by atoms with E-state index in [1.165, 1.54) is 19.1 Å². The van der Waals surface area contributed by atoms with E-state index in [0.717, 1.165) is 0 Å². The van der Waals surface area contributed by atoms with Crippen LogP contribution in [0.2, 0.25) is 0 Å². The Morgan fingerprint density at radius 1 is 0.833 bits per heavy atom. The van der Waals surface area contributed by atoms with Crippen LogP contribution in [0.3, 0.4) is 0 Å². The van der Waals surface area contributed by atoms with Gasteiger partial charge in [-0.3, -0.25) is 9.59 Å². The van der Waals surface area contributed by atoms with E-state index in [4.69, 9.17) is 37.9 Å². The van der Waals surface area contributed by atoms with E-state index in [-0.39, 0.29) is 48.5 Å². The number of aliphatic hydroxyl groups excluding tert-OH is 1. The molecule has 3 aromatic carbocycles. The van der Waals surface area contributed by atoms with Crippen molar-refractivity contribution in [1.82, 2.24) is 4.90 Å². The molecule has 1 amide bonds. The first-order valence-corrected chi connectivity index (χ1v) is 13.1. The van der Waals surface area contributed by atoms with Gasteiger partial charge in [0, 0.05) is 17.7 Å². The zero-order valence-corrected chi connectivity index (χ0v) is 22.6. The van der Waals surface area contributed by atoms with Gasteiger partial charge in [-0.05, 0) is 42.0 Å². The summed E-state index contributed by atoms with van der Waals surface area (Å²) in [5.41, 5.74) is 1.17. The summed E-state index contributed by atoms with van der Waals surface area (Å²) in [6, 6.07) is 10.6. The molecule has 1 saturated heterocycles. The van der Waals surface area contributed by atoms with Crippen LogP contribution in [0.4, 0.5) is 0 Å². The van der Waals surface area contributed by atoms with Gasteiger partial charge in [-0.25, -0.2) is 0 Å². The van der Waals surface area contributed by atoms with Gasteiger partial charge in [-0.2, -0.15) is 0 Å². The molecule has 0 saturated carbocycles. The lowest BCUT2D eigenvalue weighted by molar-refractivity contribution is -0.140. The minimum atomic E-state index is -1.10. The molecular formula is C30H25NO11. The number of benzene rings is 3. The van der Waals surface area contributed by atoms with E-state index in [1.807, 2.05) is 0 Å². The van der Waals surface area contributed by atoms with Gasteiger partial charge >= 0.3 is 0 Å². The Morgan fingerprint density at radius 3 is 2.33 bits per heavy atom. The van der Waals surface area contributed by atoms with Crippen molar-refractivity contribution < 1.29 is 52.6 Å². The van der Waals surface area contributed by atoms with Crippen LogP contribution >= 0.6 is 0 Å². The molecule has 1 atom stereocenters. The Balaban J connectivity index is 1.41. The summed E-state index contributed by atoms with van der Waals surface area (Å²) in [4.78, 5) is 28.8. The van der Waals surface area contributed by atoms with Gasteiger partial charge in [0.1, 0.15) is 19.0 Å². The largest absolute Gasteiger partial charge is 0.507 e. The Hall–Kier alpha value is -5.26. The van der Waals surface area contributed by atoms with E-state index in [0.29, 0.717) is 58.8 Å². The number of likely N-dealkylation sites (tertiary alicyclic amines) is 1. The summed E-state index contributed by atoms with van der Waals surface area (Å²) >= 11 is 0. The van der Waals surface area contributed by atoms with Crippen molar-refractivity contribution in [2.75, 3.05) is 41.0 Å². The van der Waals surface area contributed by atoms with E-state index < -0.39 is 17.7 Å². The van der Waals surface area contributed by atoms with Crippen molar-refractivity contribution in [3.05, 3.63) is 64.7 Å². The summed E-state index contributed by atoms with van der Waals surface area (Å²) in [7, 11) is 2.91. The van der Waals surface area contributed by atoms with E-state index in [1.54, 1.807) is 42.5 Å². The number of methoxy groups -OCH3 is 2. The number of ketones is 1. The SMILES string of the molecule is COc1cc([C@@H]2C(=C(O)c3ccc4c(c3)OCCO4)C(=O)C(=O)N2Cc2ccc3c(c2)OCO3)c(OC)c2c1OCO2. The number of carbonyl (C=O) groups is 2.